The van der Waals surface area contributed by atoms with E-state index in [1.54, 1.807) is 27.0 Å². The molecule has 7 rings (SSSR count). The number of likely N-dealkylation sites (tertiary alicyclic amines) is 1. The molecule has 4 aromatic rings. The molecule has 228 valence electrons. The maximum Gasteiger partial charge on any atom is 0.412 e. The van der Waals surface area contributed by atoms with Crippen molar-refractivity contribution in [1.29, 1.82) is 5.26 Å². The smallest absolute Gasteiger partial charge is 0.412 e. The van der Waals surface area contributed by atoms with Gasteiger partial charge < -0.3 is 19.3 Å². The molecule has 10 nitrogen and oxygen atoms in total. The number of carbonyl (C=O) groups excluding carboxylic acids is 1. The van der Waals surface area contributed by atoms with Crippen LogP contribution >= 0.6 is 11.3 Å². The molecule has 2 fully saturated rings. The summed E-state index contributed by atoms with van der Waals surface area (Å²) in [4.78, 5) is 30.7. The van der Waals surface area contributed by atoms with Crippen molar-refractivity contribution in [2.24, 2.45) is 5.41 Å². The van der Waals surface area contributed by atoms with Gasteiger partial charge in [0.05, 0.1) is 35.4 Å². The SMILES string of the molecule is CN1CCC2(CCN(c3ncc4c5c(c(-c6ncc(F)c7sc(NC(=O)OC(C)(C)C)c(C#N)c67)c(F)c4n3)COC5)C2)C1. The summed E-state index contributed by atoms with van der Waals surface area (Å²) in [6.07, 6.45) is 4.00. The number of aromatic nitrogens is 3. The number of fused-ring (bicyclic) bond motifs is 4. The van der Waals surface area contributed by atoms with Crippen LogP contribution in [0.4, 0.5) is 24.5 Å². The zero-order chi connectivity index (χ0) is 31.0. The Balaban J connectivity index is 1.37. The third-order valence-corrected chi connectivity index (χ3v) is 9.78. The van der Waals surface area contributed by atoms with Crippen LogP contribution in [0, 0.1) is 28.4 Å². The molecule has 1 spiro atoms. The fourth-order valence-corrected chi connectivity index (χ4v) is 7.79. The van der Waals surface area contributed by atoms with Gasteiger partial charge in [0.25, 0.3) is 0 Å². The predicted octanol–water partition coefficient (Wildman–Crippen LogP) is 5.97. The normalized spacial score (nSPS) is 20.2. The highest BCUT2D eigenvalue weighted by Crippen LogP contribution is 2.46. The first kappa shape index (κ1) is 28.8. The van der Waals surface area contributed by atoms with E-state index >= 15 is 8.78 Å². The number of rotatable bonds is 3. The van der Waals surface area contributed by atoms with Crippen molar-refractivity contribution in [2.45, 2.75) is 52.4 Å². The summed E-state index contributed by atoms with van der Waals surface area (Å²) in [5.74, 6) is -0.872. The Kier molecular flexibility index (Phi) is 6.73. The number of pyridine rings is 1. The van der Waals surface area contributed by atoms with Gasteiger partial charge in [-0.25, -0.2) is 23.5 Å². The largest absolute Gasteiger partial charge is 0.444 e. The Bertz CT molecular complexity index is 1900. The van der Waals surface area contributed by atoms with Crippen molar-refractivity contribution < 1.29 is 23.0 Å². The first-order valence-electron chi connectivity index (χ1n) is 14.5. The minimum absolute atomic E-state index is 0.0303. The molecular weight excluding hydrogens is 588 g/mol. The Morgan fingerprint density at radius 1 is 1.16 bits per heavy atom. The Morgan fingerprint density at radius 3 is 2.66 bits per heavy atom. The van der Waals surface area contributed by atoms with E-state index in [-0.39, 0.29) is 56.1 Å². The fourth-order valence-electron chi connectivity index (χ4n) is 6.75. The molecule has 2 saturated heterocycles. The quantitative estimate of drug-likeness (QED) is 0.296. The molecule has 1 atom stereocenters. The van der Waals surface area contributed by atoms with E-state index < -0.39 is 23.3 Å². The van der Waals surface area contributed by atoms with E-state index in [0.717, 1.165) is 62.1 Å². The number of anilines is 2. The zero-order valence-corrected chi connectivity index (χ0v) is 25.7. The van der Waals surface area contributed by atoms with Crippen LogP contribution in [-0.4, -0.2) is 64.8 Å². The lowest BCUT2D eigenvalue weighted by Crippen LogP contribution is -2.30. The molecule has 0 aliphatic carbocycles. The van der Waals surface area contributed by atoms with Gasteiger partial charge in [-0.05, 0) is 58.3 Å². The van der Waals surface area contributed by atoms with Crippen LogP contribution < -0.4 is 10.2 Å². The van der Waals surface area contributed by atoms with Gasteiger partial charge in [-0.2, -0.15) is 5.26 Å². The average molecular weight is 620 g/mol. The van der Waals surface area contributed by atoms with Crippen LogP contribution in [0.5, 0.6) is 0 Å². The maximum absolute atomic E-state index is 16.8. The van der Waals surface area contributed by atoms with Crippen molar-refractivity contribution in [3.8, 4) is 17.3 Å². The molecule has 3 aromatic heterocycles. The first-order chi connectivity index (χ1) is 21.0. The molecule has 0 radical (unpaired) electrons. The monoisotopic (exact) mass is 619 g/mol. The molecule has 3 aliphatic rings. The van der Waals surface area contributed by atoms with Gasteiger partial charge in [0.1, 0.15) is 22.2 Å². The van der Waals surface area contributed by atoms with Crippen molar-refractivity contribution in [2.75, 3.05) is 43.4 Å². The van der Waals surface area contributed by atoms with E-state index in [1.807, 2.05) is 0 Å². The number of nitrogens with zero attached hydrogens (tertiary/aromatic N) is 6. The number of hydrogen-bond donors (Lipinski definition) is 1. The summed E-state index contributed by atoms with van der Waals surface area (Å²) >= 11 is 0.871. The third kappa shape index (κ3) is 4.72. The van der Waals surface area contributed by atoms with E-state index in [9.17, 15) is 10.1 Å². The molecule has 44 heavy (non-hydrogen) atoms. The number of amides is 1. The van der Waals surface area contributed by atoms with Gasteiger partial charge in [0.2, 0.25) is 5.95 Å². The molecule has 0 bridgehead atoms. The Hall–Kier alpha value is -3.99. The number of carbonyl (C=O) groups is 1. The number of benzene rings is 1. The van der Waals surface area contributed by atoms with Crippen molar-refractivity contribution in [1.82, 2.24) is 19.9 Å². The summed E-state index contributed by atoms with van der Waals surface area (Å²) in [6, 6.07) is 2.07. The number of nitrogens with one attached hydrogen (secondary N) is 1. The summed E-state index contributed by atoms with van der Waals surface area (Å²) in [7, 11) is 2.13. The first-order valence-corrected chi connectivity index (χ1v) is 15.3. The molecule has 1 amide bonds. The number of ether oxygens (including phenoxy) is 2. The van der Waals surface area contributed by atoms with Crippen molar-refractivity contribution in [3.05, 3.63) is 40.7 Å². The summed E-state index contributed by atoms with van der Waals surface area (Å²) in [6.45, 7) is 9.12. The van der Waals surface area contributed by atoms with Crippen LogP contribution in [0.25, 0.3) is 32.2 Å². The molecule has 1 unspecified atom stereocenters. The van der Waals surface area contributed by atoms with Crippen LogP contribution in [0.1, 0.15) is 50.3 Å². The highest BCUT2D eigenvalue weighted by molar-refractivity contribution is 7.23. The molecule has 1 aromatic carbocycles. The molecule has 13 heteroatoms. The average Bonchev–Trinajstić information content (AvgIpc) is 3.76. The fraction of sp³-hybridized carbons (Fsp3) is 0.452. The second-order valence-corrected chi connectivity index (χ2v) is 14.0. The van der Waals surface area contributed by atoms with Crippen LogP contribution in [0.3, 0.4) is 0 Å². The van der Waals surface area contributed by atoms with E-state index in [4.69, 9.17) is 14.5 Å². The minimum Gasteiger partial charge on any atom is -0.444 e. The van der Waals surface area contributed by atoms with Gasteiger partial charge in [-0.1, -0.05) is 0 Å². The van der Waals surface area contributed by atoms with E-state index in [0.29, 0.717) is 16.9 Å². The summed E-state index contributed by atoms with van der Waals surface area (Å²) in [5, 5.41) is 13.5. The second kappa shape index (κ2) is 10.3. The van der Waals surface area contributed by atoms with Crippen LogP contribution in [0.15, 0.2) is 12.4 Å². The maximum atomic E-state index is 16.8. The minimum atomic E-state index is -0.793. The molecule has 0 saturated carbocycles. The topological polar surface area (TPSA) is 116 Å². The third-order valence-electron chi connectivity index (χ3n) is 8.67. The highest BCUT2D eigenvalue weighted by atomic mass is 32.1. The van der Waals surface area contributed by atoms with E-state index in [1.165, 1.54) is 0 Å². The van der Waals surface area contributed by atoms with Crippen LogP contribution in [-0.2, 0) is 22.7 Å². The number of thiophene rings is 1. The standard InChI is InChI=1S/C31H31F2N7O3S/c1-30(2,3)43-29(41)38-27-16(9-34)22-25(35-11-20(32)26(22)44-27)21-19-13-42-12-18(19)17-10-36-28(37-24(17)23(21)33)40-8-6-31(15-40)5-7-39(4)14-31/h10-11H,5-8,12-15H2,1-4H3,(H,38,41). The summed E-state index contributed by atoms with van der Waals surface area (Å²) < 4.78 is 43.2. The van der Waals surface area contributed by atoms with Crippen LogP contribution in [0.2, 0.25) is 0 Å². The van der Waals surface area contributed by atoms with Gasteiger partial charge in [0.15, 0.2) is 11.6 Å². The van der Waals surface area contributed by atoms with Crippen molar-refractivity contribution in [3.63, 3.8) is 0 Å². The van der Waals surface area contributed by atoms with Crippen molar-refractivity contribution >= 4 is 49.4 Å². The van der Waals surface area contributed by atoms with Gasteiger partial charge in [-0.3, -0.25) is 10.3 Å². The van der Waals surface area contributed by atoms with Gasteiger partial charge in [-0.15, -0.1) is 11.3 Å². The number of halogens is 2. The molecular formula is C31H31F2N7O3S. The molecule has 6 heterocycles. The lowest BCUT2D eigenvalue weighted by molar-refractivity contribution is 0.0636. The van der Waals surface area contributed by atoms with E-state index in [2.05, 4.69) is 38.2 Å². The molecule has 3 aliphatic heterocycles. The lowest BCUT2D eigenvalue weighted by Gasteiger charge is -2.24. The number of hydrogen-bond acceptors (Lipinski definition) is 10. The zero-order valence-electron chi connectivity index (χ0n) is 24.9. The predicted molar refractivity (Wildman–Crippen MR) is 163 cm³/mol. The van der Waals surface area contributed by atoms with Gasteiger partial charge in [0, 0.05) is 47.6 Å². The molecule has 1 N–H and O–H groups in total. The summed E-state index contributed by atoms with van der Waals surface area (Å²) in [5.41, 5.74) is 0.968. The highest BCUT2D eigenvalue weighted by Gasteiger charge is 2.43. The lowest BCUT2D eigenvalue weighted by atomic mass is 9.86. The Labute approximate surface area is 256 Å². The number of nitriles is 1. The Morgan fingerprint density at radius 2 is 1.93 bits per heavy atom. The second-order valence-electron chi connectivity index (χ2n) is 12.9. The van der Waals surface area contributed by atoms with Gasteiger partial charge >= 0.3 is 6.09 Å².